The van der Waals surface area contributed by atoms with E-state index in [0.717, 1.165) is 54.5 Å². The molecule has 1 aliphatic rings. The molecule has 206 valence electrons. The van der Waals surface area contributed by atoms with Crippen LogP contribution >= 0.6 is 0 Å². The van der Waals surface area contributed by atoms with E-state index in [9.17, 15) is 9.90 Å². The fourth-order valence-corrected chi connectivity index (χ4v) is 5.16. The minimum atomic E-state index is -1.01. The Morgan fingerprint density at radius 3 is 2.29 bits per heavy atom. The molecular formula is C34H31N3O4. The van der Waals surface area contributed by atoms with Crippen molar-refractivity contribution in [2.75, 3.05) is 13.2 Å². The number of pyridine rings is 3. The van der Waals surface area contributed by atoms with E-state index in [2.05, 4.69) is 34.2 Å². The molecule has 7 heteroatoms. The number of aromatic nitrogens is 3. The number of benzene rings is 2. The van der Waals surface area contributed by atoms with E-state index in [-0.39, 0.29) is 11.9 Å². The standard InChI is InChI=1S/C34H31N3O4/c38-34(39)28-20-31(37-32-21-30(36-22-29(28)32)27-14-16-35-17-15-27)26-12-10-25(11-13-26)24-8-6-23(7-9-24)4-3-19-41-33-5-1-2-18-40-33/h6-17,20-22,33H,1-5,18-19H2,(H,38,39). The number of aryl methyl sites for hydroxylation is 1. The van der Waals surface area contributed by atoms with Crippen LogP contribution in [0.1, 0.15) is 41.6 Å². The van der Waals surface area contributed by atoms with Crippen LogP contribution in [0.4, 0.5) is 0 Å². The lowest BCUT2D eigenvalue weighted by molar-refractivity contribution is -0.162. The number of ether oxygens (including phenoxy) is 2. The van der Waals surface area contributed by atoms with Crippen LogP contribution in [0.15, 0.2) is 91.4 Å². The number of hydrogen-bond acceptors (Lipinski definition) is 6. The molecular weight excluding hydrogens is 514 g/mol. The van der Waals surface area contributed by atoms with Crippen LogP contribution in [0.5, 0.6) is 0 Å². The van der Waals surface area contributed by atoms with Gasteiger partial charge >= 0.3 is 5.97 Å². The SMILES string of the molecule is O=C(O)c1cc(-c2ccc(-c3ccc(CCCOC4CCCCO4)cc3)cc2)nc2cc(-c3ccncc3)ncc12. The van der Waals surface area contributed by atoms with Gasteiger partial charge < -0.3 is 14.6 Å². The molecule has 0 aliphatic carbocycles. The fraction of sp³-hybridized carbons (Fsp3) is 0.235. The largest absolute Gasteiger partial charge is 0.478 e. The van der Waals surface area contributed by atoms with Crippen molar-refractivity contribution in [3.8, 4) is 33.6 Å². The molecule has 0 bridgehead atoms. The minimum Gasteiger partial charge on any atom is -0.478 e. The Morgan fingerprint density at radius 2 is 1.59 bits per heavy atom. The first-order valence-electron chi connectivity index (χ1n) is 14.0. The van der Waals surface area contributed by atoms with E-state index < -0.39 is 5.97 Å². The number of carbonyl (C=O) groups is 1. The molecule has 5 aromatic rings. The lowest BCUT2D eigenvalue weighted by Gasteiger charge is -2.22. The second-order valence-corrected chi connectivity index (χ2v) is 10.2. The zero-order chi connectivity index (χ0) is 28.0. The van der Waals surface area contributed by atoms with Crippen molar-refractivity contribution in [2.24, 2.45) is 0 Å². The smallest absolute Gasteiger partial charge is 0.336 e. The average molecular weight is 546 g/mol. The quantitative estimate of drug-likeness (QED) is 0.196. The monoisotopic (exact) mass is 545 g/mol. The van der Waals surface area contributed by atoms with Crippen LogP contribution in [-0.4, -0.2) is 45.5 Å². The molecule has 3 aromatic heterocycles. The zero-order valence-corrected chi connectivity index (χ0v) is 22.7. The summed E-state index contributed by atoms with van der Waals surface area (Å²) in [5, 5.41) is 10.4. The van der Waals surface area contributed by atoms with Crippen molar-refractivity contribution in [3.63, 3.8) is 0 Å². The Morgan fingerprint density at radius 1 is 0.878 bits per heavy atom. The molecule has 0 amide bonds. The highest BCUT2D eigenvalue weighted by atomic mass is 16.7. The number of fused-ring (bicyclic) bond motifs is 1. The highest BCUT2D eigenvalue weighted by Gasteiger charge is 2.15. The van der Waals surface area contributed by atoms with Gasteiger partial charge in [0.25, 0.3) is 0 Å². The Balaban J connectivity index is 1.17. The molecule has 1 aliphatic heterocycles. The van der Waals surface area contributed by atoms with Crippen molar-refractivity contribution in [2.45, 2.75) is 38.4 Å². The topological polar surface area (TPSA) is 94.4 Å². The van der Waals surface area contributed by atoms with Crippen LogP contribution in [0.3, 0.4) is 0 Å². The van der Waals surface area contributed by atoms with Gasteiger partial charge in [-0.3, -0.25) is 9.97 Å². The van der Waals surface area contributed by atoms with E-state index in [1.165, 1.54) is 12.0 Å². The third-order valence-electron chi connectivity index (χ3n) is 7.42. The van der Waals surface area contributed by atoms with Crippen molar-refractivity contribution in [3.05, 3.63) is 103 Å². The summed E-state index contributed by atoms with van der Waals surface area (Å²) in [4.78, 5) is 25.4. The Kier molecular flexibility index (Phi) is 8.07. The number of aromatic carboxylic acids is 1. The van der Waals surface area contributed by atoms with Gasteiger partial charge in [0.2, 0.25) is 0 Å². The Labute approximate surface area is 238 Å². The van der Waals surface area contributed by atoms with Crippen LogP contribution in [0, 0.1) is 0 Å². The maximum Gasteiger partial charge on any atom is 0.336 e. The maximum absolute atomic E-state index is 12.1. The summed E-state index contributed by atoms with van der Waals surface area (Å²) in [6, 6.07) is 23.8. The summed E-state index contributed by atoms with van der Waals surface area (Å²) < 4.78 is 11.5. The molecule has 1 atom stereocenters. The van der Waals surface area contributed by atoms with E-state index in [0.29, 0.717) is 28.9 Å². The molecule has 41 heavy (non-hydrogen) atoms. The highest BCUT2D eigenvalue weighted by molar-refractivity contribution is 6.04. The molecule has 7 nitrogen and oxygen atoms in total. The van der Waals surface area contributed by atoms with Gasteiger partial charge in [-0.2, -0.15) is 0 Å². The van der Waals surface area contributed by atoms with Crippen molar-refractivity contribution < 1.29 is 19.4 Å². The third-order valence-corrected chi connectivity index (χ3v) is 7.42. The van der Waals surface area contributed by atoms with Crippen molar-refractivity contribution in [1.29, 1.82) is 0 Å². The third kappa shape index (κ3) is 6.32. The molecule has 6 rings (SSSR count). The van der Waals surface area contributed by atoms with Crippen LogP contribution in [0.2, 0.25) is 0 Å². The van der Waals surface area contributed by atoms with Gasteiger partial charge in [-0.25, -0.2) is 9.78 Å². The Hall–Kier alpha value is -4.46. The fourth-order valence-electron chi connectivity index (χ4n) is 5.16. The molecule has 0 radical (unpaired) electrons. The van der Waals surface area contributed by atoms with Crippen LogP contribution in [-0.2, 0) is 15.9 Å². The zero-order valence-electron chi connectivity index (χ0n) is 22.7. The second kappa shape index (κ2) is 12.4. The summed E-state index contributed by atoms with van der Waals surface area (Å²) in [7, 11) is 0. The number of carboxylic acids is 1. The van der Waals surface area contributed by atoms with Gasteiger partial charge in [0.1, 0.15) is 0 Å². The van der Waals surface area contributed by atoms with Gasteiger partial charge in [0.15, 0.2) is 6.29 Å². The van der Waals surface area contributed by atoms with Crippen LogP contribution in [0.25, 0.3) is 44.5 Å². The van der Waals surface area contributed by atoms with Crippen molar-refractivity contribution in [1.82, 2.24) is 15.0 Å². The number of nitrogens with zero attached hydrogens (tertiary/aromatic N) is 3. The first-order chi connectivity index (χ1) is 20.1. The number of carboxylic acid groups (broad SMARTS) is 1. The second-order valence-electron chi connectivity index (χ2n) is 10.2. The summed E-state index contributed by atoms with van der Waals surface area (Å²) in [6.45, 7) is 1.52. The van der Waals surface area contributed by atoms with Gasteiger partial charge in [0, 0.05) is 41.7 Å². The van der Waals surface area contributed by atoms with Gasteiger partial charge in [-0.15, -0.1) is 0 Å². The molecule has 0 spiro atoms. The van der Waals surface area contributed by atoms with Crippen molar-refractivity contribution >= 4 is 16.9 Å². The summed E-state index contributed by atoms with van der Waals surface area (Å²) in [6.07, 6.45) is 10.2. The molecule has 1 fully saturated rings. The summed E-state index contributed by atoms with van der Waals surface area (Å²) in [5.41, 5.74) is 7.30. The van der Waals surface area contributed by atoms with E-state index in [1.54, 1.807) is 24.7 Å². The van der Waals surface area contributed by atoms with Gasteiger partial charge in [-0.05, 0) is 73.1 Å². The molecule has 1 N–H and O–H groups in total. The predicted octanol–water partition coefficient (Wildman–Crippen LogP) is 7.20. The summed E-state index contributed by atoms with van der Waals surface area (Å²) >= 11 is 0. The average Bonchev–Trinajstić information content (AvgIpc) is 3.03. The lowest BCUT2D eigenvalue weighted by atomic mass is 9.99. The Bertz CT molecular complexity index is 1630. The molecule has 2 aromatic carbocycles. The first kappa shape index (κ1) is 26.7. The van der Waals surface area contributed by atoms with E-state index in [1.807, 2.05) is 42.5 Å². The molecule has 4 heterocycles. The normalized spacial score (nSPS) is 15.2. The van der Waals surface area contributed by atoms with E-state index >= 15 is 0 Å². The number of rotatable bonds is 9. The maximum atomic E-state index is 12.1. The predicted molar refractivity (Wildman–Crippen MR) is 158 cm³/mol. The molecule has 1 saturated heterocycles. The van der Waals surface area contributed by atoms with Gasteiger partial charge in [-0.1, -0.05) is 48.5 Å². The first-order valence-corrected chi connectivity index (χ1v) is 14.0. The number of hydrogen-bond donors (Lipinski definition) is 1. The molecule has 1 unspecified atom stereocenters. The molecule has 0 saturated carbocycles. The van der Waals surface area contributed by atoms with E-state index in [4.69, 9.17) is 14.5 Å². The van der Waals surface area contributed by atoms with Gasteiger partial charge in [0.05, 0.1) is 29.1 Å². The highest BCUT2D eigenvalue weighted by Crippen LogP contribution is 2.29. The van der Waals surface area contributed by atoms with Crippen LogP contribution < -0.4 is 0 Å². The minimum absolute atomic E-state index is 0.0313. The summed E-state index contributed by atoms with van der Waals surface area (Å²) in [5.74, 6) is -1.01. The lowest BCUT2D eigenvalue weighted by Crippen LogP contribution is -2.22.